The zero-order chi connectivity index (χ0) is 27.2. The summed E-state index contributed by atoms with van der Waals surface area (Å²) in [7, 11) is 0. The third-order valence-corrected chi connectivity index (χ3v) is 9.51. The molecule has 2 saturated carbocycles. The number of nitrogens with zero attached hydrogens (tertiary/aromatic N) is 2. The first-order valence-corrected chi connectivity index (χ1v) is 16.1. The van der Waals surface area contributed by atoms with Gasteiger partial charge in [-0.1, -0.05) is 72.6 Å². The van der Waals surface area contributed by atoms with Crippen LogP contribution in [0.25, 0.3) is 0 Å². The summed E-state index contributed by atoms with van der Waals surface area (Å²) in [6, 6.07) is 18.4. The monoisotopic (exact) mass is 580 g/mol. The van der Waals surface area contributed by atoms with Gasteiger partial charge in [0.1, 0.15) is 11.3 Å². The molecule has 0 aliphatic heterocycles. The highest BCUT2D eigenvalue weighted by Crippen LogP contribution is 2.45. The number of alkyl halides is 1. The Morgan fingerprint density at radius 1 is 0.868 bits per heavy atom. The number of rotatable bonds is 9. The van der Waals surface area contributed by atoms with E-state index in [4.69, 9.17) is 9.73 Å². The lowest BCUT2D eigenvalue weighted by Gasteiger charge is -2.53. The summed E-state index contributed by atoms with van der Waals surface area (Å²) in [5.74, 6) is 5.36. The number of hydrogen-bond acceptors (Lipinski definition) is 3. The second-order valence-electron chi connectivity index (χ2n) is 12.8. The van der Waals surface area contributed by atoms with Crippen molar-refractivity contribution in [2.24, 2.45) is 40.5 Å². The average molecular weight is 582 g/mol. The van der Waals surface area contributed by atoms with E-state index in [1.165, 1.54) is 44.2 Å². The molecule has 0 radical (unpaired) electrons. The zero-order valence-electron chi connectivity index (χ0n) is 24.4. The molecule has 0 spiro atoms. The molecule has 0 amide bonds. The number of benzene rings is 2. The summed E-state index contributed by atoms with van der Waals surface area (Å²) in [6.07, 6.45) is 10.1. The molecular weight excluding hydrogens is 532 g/mol. The predicted molar refractivity (Wildman–Crippen MR) is 167 cm³/mol. The number of ether oxygens (including phenoxy) is 1. The summed E-state index contributed by atoms with van der Waals surface area (Å²) >= 11 is 3.33. The molecule has 0 aromatic heterocycles. The van der Waals surface area contributed by atoms with Gasteiger partial charge in [0.15, 0.2) is 0 Å². The first-order valence-electron chi connectivity index (χ1n) is 15.0. The van der Waals surface area contributed by atoms with Crippen LogP contribution in [-0.4, -0.2) is 23.8 Å². The SMILES string of the molecule is CC1CCC(C(C)C)C(N(c2ccc(C=Nc3cccc(OCBr)c3)cc2)C2CC(C)CCC2C(C)C)C1. The van der Waals surface area contributed by atoms with Crippen LogP contribution in [0.1, 0.15) is 85.6 Å². The molecule has 2 aliphatic rings. The van der Waals surface area contributed by atoms with Gasteiger partial charge in [-0.2, -0.15) is 0 Å². The Bertz CT molecular complexity index is 1000. The Morgan fingerprint density at radius 2 is 1.45 bits per heavy atom. The summed E-state index contributed by atoms with van der Waals surface area (Å²) in [6.45, 7) is 14.8. The quantitative estimate of drug-likeness (QED) is 0.217. The highest BCUT2D eigenvalue weighted by atomic mass is 79.9. The third-order valence-electron chi connectivity index (χ3n) is 9.28. The molecule has 3 nitrogen and oxygen atoms in total. The van der Waals surface area contributed by atoms with E-state index in [1.807, 2.05) is 30.5 Å². The molecule has 4 heteroatoms. The Labute approximate surface area is 240 Å². The molecule has 2 aromatic rings. The normalized spacial score (nSPS) is 28.2. The van der Waals surface area contributed by atoms with Gasteiger partial charge < -0.3 is 9.64 Å². The van der Waals surface area contributed by atoms with Gasteiger partial charge in [0.25, 0.3) is 0 Å². The fraction of sp³-hybridized carbons (Fsp3) is 0.618. The maximum Gasteiger partial charge on any atom is 0.143 e. The van der Waals surface area contributed by atoms with Crippen LogP contribution in [0.5, 0.6) is 5.75 Å². The van der Waals surface area contributed by atoms with Crippen molar-refractivity contribution in [2.75, 3.05) is 10.4 Å². The molecular formula is C34H49BrN2O. The average Bonchev–Trinajstić information content (AvgIpc) is 2.89. The maximum atomic E-state index is 5.56. The van der Waals surface area contributed by atoms with Crippen molar-refractivity contribution in [1.29, 1.82) is 0 Å². The van der Waals surface area contributed by atoms with Gasteiger partial charge in [0.05, 0.1) is 5.69 Å². The maximum absolute atomic E-state index is 5.56. The van der Waals surface area contributed by atoms with E-state index in [2.05, 4.69) is 86.6 Å². The lowest BCUT2D eigenvalue weighted by molar-refractivity contribution is 0.136. The zero-order valence-corrected chi connectivity index (χ0v) is 26.0. The first kappa shape index (κ1) is 29.2. The smallest absolute Gasteiger partial charge is 0.143 e. The van der Waals surface area contributed by atoms with Crippen molar-refractivity contribution >= 4 is 33.5 Å². The second kappa shape index (κ2) is 13.5. The van der Waals surface area contributed by atoms with Crippen LogP contribution in [0, 0.1) is 35.5 Å². The standard InChI is InChI=1S/C34H49BrN2O/c1-23(2)31-16-10-25(5)18-33(31)37(34-19-26(6)11-17-32(34)24(3)4)29-14-12-27(13-15-29)21-36-28-8-7-9-30(20-28)38-22-35/h7-9,12-15,20-21,23-26,31-34H,10-11,16-19,22H2,1-6H3. The molecule has 6 atom stereocenters. The van der Waals surface area contributed by atoms with Crippen molar-refractivity contribution in [3.8, 4) is 5.75 Å². The lowest BCUT2D eigenvalue weighted by Crippen LogP contribution is -2.55. The van der Waals surface area contributed by atoms with Crippen LogP contribution in [0.2, 0.25) is 0 Å². The minimum Gasteiger partial charge on any atom is -0.482 e. The largest absolute Gasteiger partial charge is 0.482 e. The number of aliphatic imine (C=N–C) groups is 1. The lowest BCUT2D eigenvalue weighted by atomic mass is 9.69. The molecule has 0 N–H and O–H groups in total. The highest BCUT2D eigenvalue weighted by molar-refractivity contribution is 9.09. The van der Waals surface area contributed by atoms with Crippen molar-refractivity contribution in [3.05, 3.63) is 54.1 Å². The predicted octanol–water partition coefficient (Wildman–Crippen LogP) is 9.90. The highest BCUT2D eigenvalue weighted by Gasteiger charge is 2.42. The number of anilines is 1. The van der Waals surface area contributed by atoms with Crippen LogP contribution >= 0.6 is 15.9 Å². The Balaban J connectivity index is 1.65. The summed E-state index contributed by atoms with van der Waals surface area (Å²) in [5, 5.41) is 0. The fourth-order valence-electron chi connectivity index (χ4n) is 7.17. The Morgan fingerprint density at radius 3 is 1.97 bits per heavy atom. The van der Waals surface area contributed by atoms with Gasteiger partial charge in [0.2, 0.25) is 0 Å². The van der Waals surface area contributed by atoms with Crippen molar-refractivity contribution < 1.29 is 4.74 Å². The van der Waals surface area contributed by atoms with Gasteiger partial charge in [-0.3, -0.25) is 4.99 Å². The molecule has 0 saturated heterocycles. The van der Waals surface area contributed by atoms with Gasteiger partial charge in [-0.15, -0.1) is 0 Å². The molecule has 2 fully saturated rings. The molecule has 208 valence electrons. The summed E-state index contributed by atoms with van der Waals surface area (Å²) in [5.41, 5.74) is 3.92. The van der Waals surface area contributed by atoms with E-state index in [0.29, 0.717) is 29.4 Å². The van der Waals surface area contributed by atoms with Crippen molar-refractivity contribution in [2.45, 2.75) is 92.2 Å². The molecule has 2 aliphatic carbocycles. The molecule has 0 heterocycles. The van der Waals surface area contributed by atoms with Crippen LogP contribution in [0.3, 0.4) is 0 Å². The minimum absolute atomic E-state index is 0.479. The number of halogens is 1. The van der Waals surface area contributed by atoms with Gasteiger partial charge in [-0.25, -0.2) is 0 Å². The van der Waals surface area contributed by atoms with E-state index < -0.39 is 0 Å². The molecule has 4 rings (SSSR count). The van der Waals surface area contributed by atoms with E-state index in [1.54, 1.807) is 0 Å². The number of hydrogen-bond donors (Lipinski definition) is 0. The molecule has 6 unspecified atom stereocenters. The van der Waals surface area contributed by atoms with Crippen molar-refractivity contribution in [1.82, 2.24) is 0 Å². The van der Waals surface area contributed by atoms with Crippen LogP contribution in [0.4, 0.5) is 11.4 Å². The summed E-state index contributed by atoms with van der Waals surface area (Å²) in [4.78, 5) is 7.66. The van der Waals surface area contributed by atoms with Gasteiger partial charge in [-0.05, 0) is 107 Å². The molecule has 2 aromatic carbocycles. The Hall–Kier alpha value is -1.81. The topological polar surface area (TPSA) is 24.8 Å². The first-order chi connectivity index (χ1) is 18.3. The minimum atomic E-state index is 0.479. The van der Waals surface area contributed by atoms with E-state index in [9.17, 15) is 0 Å². The molecule has 38 heavy (non-hydrogen) atoms. The Kier molecular flexibility index (Phi) is 10.4. The van der Waals surface area contributed by atoms with Crippen LogP contribution in [-0.2, 0) is 0 Å². The fourth-order valence-corrected chi connectivity index (χ4v) is 7.43. The van der Waals surface area contributed by atoms with Gasteiger partial charge in [0, 0.05) is 30.1 Å². The van der Waals surface area contributed by atoms with Gasteiger partial charge >= 0.3 is 0 Å². The van der Waals surface area contributed by atoms with E-state index in [0.717, 1.165) is 40.7 Å². The van der Waals surface area contributed by atoms with Crippen molar-refractivity contribution in [3.63, 3.8) is 0 Å². The van der Waals surface area contributed by atoms with E-state index >= 15 is 0 Å². The van der Waals surface area contributed by atoms with E-state index in [-0.39, 0.29) is 0 Å². The second-order valence-corrected chi connectivity index (χ2v) is 13.3. The van der Waals surface area contributed by atoms with Crippen LogP contribution in [0.15, 0.2) is 53.5 Å². The summed E-state index contributed by atoms with van der Waals surface area (Å²) < 4.78 is 5.56. The molecule has 0 bridgehead atoms. The third kappa shape index (κ3) is 7.23. The van der Waals surface area contributed by atoms with Crippen LogP contribution < -0.4 is 9.64 Å².